The zero-order valence-corrected chi connectivity index (χ0v) is 18.3. The van der Waals surface area contributed by atoms with Gasteiger partial charge in [0, 0.05) is 24.3 Å². The van der Waals surface area contributed by atoms with Crippen LogP contribution in [0, 0.1) is 0 Å². The molecule has 8 nitrogen and oxygen atoms in total. The van der Waals surface area contributed by atoms with E-state index in [-0.39, 0.29) is 23.3 Å². The average Bonchev–Trinajstić information content (AvgIpc) is 3.13. The number of carbonyl (C=O) groups excluding carboxylic acids is 2. The fourth-order valence-corrected chi connectivity index (χ4v) is 3.82. The van der Waals surface area contributed by atoms with Crippen LogP contribution in [0.1, 0.15) is 29.8 Å². The summed E-state index contributed by atoms with van der Waals surface area (Å²) in [5, 5.41) is 9.70. The minimum atomic E-state index is -0.325. The molecule has 0 aliphatic rings. The van der Waals surface area contributed by atoms with Crippen molar-refractivity contribution in [3.8, 4) is 0 Å². The number of H-pyrrole nitrogens is 1. The van der Waals surface area contributed by atoms with E-state index in [1.54, 1.807) is 29.2 Å². The van der Waals surface area contributed by atoms with Crippen molar-refractivity contribution in [2.45, 2.75) is 25.5 Å². The van der Waals surface area contributed by atoms with E-state index in [4.69, 9.17) is 0 Å². The van der Waals surface area contributed by atoms with Crippen LogP contribution in [0.15, 0.2) is 64.5 Å². The Morgan fingerprint density at radius 2 is 1.84 bits per heavy atom. The first-order chi connectivity index (χ1) is 15.0. The molecule has 0 fully saturated rings. The highest BCUT2D eigenvalue weighted by atomic mass is 32.2. The maximum atomic E-state index is 12.5. The largest absolute Gasteiger partial charge is 0.344 e. The predicted molar refractivity (Wildman–Crippen MR) is 121 cm³/mol. The molecule has 3 aromatic rings. The Morgan fingerprint density at radius 1 is 1.10 bits per heavy atom. The number of aromatic nitrogens is 3. The minimum Gasteiger partial charge on any atom is -0.339 e. The molecule has 2 N–H and O–H groups in total. The van der Waals surface area contributed by atoms with Gasteiger partial charge in [0.1, 0.15) is 0 Å². The van der Waals surface area contributed by atoms with Gasteiger partial charge in [-0.1, -0.05) is 48.2 Å². The highest BCUT2D eigenvalue weighted by molar-refractivity contribution is 7.99. The Bertz CT molecular complexity index is 1090. The zero-order valence-electron chi connectivity index (χ0n) is 17.5. The van der Waals surface area contributed by atoms with Crippen LogP contribution < -0.4 is 11.0 Å². The second kappa shape index (κ2) is 10.6. The Hall–Kier alpha value is -3.33. The molecule has 0 unspecified atom stereocenters. The van der Waals surface area contributed by atoms with Gasteiger partial charge in [0.2, 0.25) is 5.91 Å². The van der Waals surface area contributed by atoms with Gasteiger partial charge in [0.05, 0.1) is 12.3 Å². The second-order valence-corrected chi connectivity index (χ2v) is 7.72. The Kier molecular flexibility index (Phi) is 7.66. The van der Waals surface area contributed by atoms with E-state index >= 15 is 0 Å². The van der Waals surface area contributed by atoms with Crippen LogP contribution >= 0.6 is 11.8 Å². The number of thioether (sulfide) groups is 1. The molecule has 1 heterocycles. The summed E-state index contributed by atoms with van der Waals surface area (Å²) in [5.41, 5.74) is 1.71. The van der Waals surface area contributed by atoms with Gasteiger partial charge in [-0.2, -0.15) is 0 Å². The van der Waals surface area contributed by atoms with Crippen molar-refractivity contribution in [2.24, 2.45) is 0 Å². The first kappa shape index (κ1) is 22.4. The molecular weight excluding hydrogens is 414 g/mol. The lowest BCUT2D eigenvalue weighted by molar-refractivity contribution is -0.113. The lowest BCUT2D eigenvalue weighted by atomic mass is 10.1. The third-order valence-electron chi connectivity index (χ3n) is 4.68. The number of hydrogen-bond donors (Lipinski definition) is 2. The third-order valence-corrected chi connectivity index (χ3v) is 5.66. The number of rotatable bonds is 9. The molecule has 0 bridgehead atoms. The summed E-state index contributed by atoms with van der Waals surface area (Å²) in [4.78, 5) is 38.8. The van der Waals surface area contributed by atoms with Crippen LogP contribution in [-0.4, -0.2) is 50.3 Å². The SMILES string of the molecule is CCN(CC)C(=O)c1cccc(NC(=O)CSc2n[nH]c(=O)n2Cc2ccccc2)c1. The van der Waals surface area contributed by atoms with Gasteiger partial charge < -0.3 is 10.2 Å². The molecule has 0 radical (unpaired) electrons. The van der Waals surface area contributed by atoms with Crippen LogP contribution in [0.5, 0.6) is 0 Å². The number of nitrogens with zero attached hydrogens (tertiary/aromatic N) is 3. The molecule has 0 saturated heterocycles. The number of benzene rings is 2. The van der Waals surface area contributed by atoms with Crippen molar-refractivity contribution in [3.05, 3.63) is 76.2 Å². The lowest BCUT2D eigenvalue weighted by Gasteiger charge is -2.19. The van der Waals surface area contributed by atoms with E-state index in [2.05, 4.69) is 15.5 Å². The molecule has 0 saturated carbocycles. The van der Waals surface area contributed by atoms with Crippen LogP contribution in [0.25, 0.3) is 0 Å². The summed E-state index contributed by atoms with van der Waals surface area (Å²) in [6.45, 7) is 5.47. The first-order valence-electron chi connectivity index (χ1n) is 10.0. The van der Waals surface area contributed by atoms with Crippen LogP contribution in [0.2, 0.25) is 0 Å². The van der Waals surface area contributed by atoms with Crippen molar-refractivity contribution in [1.29, 1.82) is 0 Å². The van der Waals surface area contributed by atoms with Gasteiger partial charge in [-0.3, -0.25) is 14.2 Å². The lowest BCUT2D eigenvalue weighted by Crippen LogP contribution is -2.30. The summed E-state index contributed by atoms with van der Waals surface area (Å²) in [6, 6.07) is 16.4. The molecule has 2 aromatic carbocycles. The standard InChI is InChI=1S/C22H25N5O3S/c1-3-26(4-2)20(29)17-11-8-12-18(13-17)23-19(28)15-31-22-25-24-21(30)27(22)14-16-9-6-5-7-10-16/h5-13H,3-4,14-15H2,1-2H3,(H,23,28)(H,24,30). The van der Waals surface area contributed by atoms with Gasteiger partial charge in [0.25, 0.3) is 5.91 Å². The number of aromatic amines is 1. The van der Waals surface area contributed by atoms with E-state index in [9.17, 15) is 14.4 Å². The maximum absolute atomic E-state index is 12.5. The molecule has 0 aliphatic heterocycles. The molecule has 0 spiro atoms. The zero-order chi connectivity index (χ0) is 22.2. The number of amides is 2. The summed E-state index contributed by atoms with van der Waals surface area (Å²) in [5.74, 6) is -0.246. The van der Waals surface area contributed by atoms with Gasteiger partial charge >= 0.3 is 5.69 Å². The van der Waals surface area contributed by atoms with E-state index in [1.165, 1.54) is 16.3 Å². The second-order valence-electron chi connectivity index (χ2n) is 6.78. The molecule has 0 aliphatic carbocycles. The minimum absolute atomic E-state index is 0.0723. The van der Waals surface area contributed by atoms with Crippen LogP contribution in [-0.2, 0) is 11.3 Å². The average molecular weight is 440 g/mol. The van der Waals surface area contributed by atoms with E-state index in [1.807, 2.05) is 44.2 Å². The Balaban J connectivity index is 1.62. The van der Waals surface area contributed by atoms with Gasteiger partial charge in [-0.15, -0.1) is 5.10 Å². The fraction of sp³-hybridized carbons (Fsp3) is 0.273. The van der Waals surface area contributed by atoms with E-state index in [0.29, 0.717) is 36.0 Å². The number of hydrogen-bond acceptors (Lipinski definition) is 5. The van der Waals surface area contributed by atoms with Crippen LogP contribution in [0.3, 0.4) is 0 Å². The van der Waals surface area contributed by atoms with E-state index < -0.39 is 0 Å². The molecular formula is C22H25N5O3S. The smallest absolute Gasteiger partial charge is 0.339 e. The van der Waals surface area contributed by atoms with Crippen molar-refractivity contribution >= 4 is 29.3 Å². The number of anilines is 1. The predicted octanol–water partition coefficient (Wildman–Crippen LogP) is 2.83. The summed E-state index contributed by atoms with van der Waals surface area (Å²) in [7, 11) is 0. The molecule has 2 amide bonds. The Morgan fingerprint density at radius 3 is 2.55 bits per heavy atom. The van der Waals surface area contributed by atoms with Gasteiger partial charge in [-0.25, -0.2) is 9.89 Å². The van der Waals surface area contributed by atoms with Crippen molar-refractivity contribution in [1.82, 2.24) is 19.7 Å². The topological polar surface area (TPSA) is 100 Å². The molecule has 3 rings (SSSR count). The molecule has 162 valence electrons. The van der Waals surface area contributed by atoms with Crippen molar-refractivity contribution in [3.63, 3.8) is 0 Å². The molecule has 9 heteroatoms. The Labute approximate surface area is 184 Å². The van der Waals surface area contributed by atoms with Crippen molar-refractivity contribution in [2.75, 3.05) is 24.2 Å². The van der Waals surface area contributed by atoms with E-state index in [0.717, 1.165) is 5.56 Å². The molecule has 1 aromatic heterocycles. The normalized spacial score (nSPS) is 10.6. The fourth-order valence-electron chi connectivity index (χ4n) is 3.07. The first-order valence-corrected chi connectivity index (χ1v) is 11.0. The molecule has 31 heavy (non-hydrogen) atoms. The summed E-state index contributed by atoms with van der Waals surface area (Å²) >= 11 is 1.17. The van der Waals surface area contributed by atoms with Gasteiger partial charge in [-0.05, 0) is 37.6 Å². The van der Waals surface area contributed by atoms with Crippen LogP contribution in [0.4, 0.5) is 5.69 Å². The quantitative estimate of drug-likeness (QED) is 0.500. The highest BCUT2D eigenvalue weighted by Gasteiger charge is 2.15. The monoisotopic (exact) mass is 439 g/mol. The van der Waals surface area contributed by atoms with Gasteiger partial charge in [0.15, 0.2) is 5.16 Å². The summed E-state index contributed by atoms with van der Waals surface area (Å²) in [6.07, 6.45) is 0. The van der Waals surface area contributed by atoms with Crippen molar-refractivity contribution < 1.29 is 9.59 Å². The number of carbonyl (C=O) groups is 2. The maximum Gasteiger partial charge on any atom is 0.344 e. The number of nitrogens with one attached hydrogen (secondary N) is 2. The highest BCUT2D eigenvalue weighted by Crippen LogP contribution is 2.17. The summed E-state index contributed by atoms with van der Waals surface area (Å²) < 4.78 is 1.50. The third kappa shape index (κ3) is 5.85. The molecule has 0 atom stereocenters.